The number of aromatic nitrogens is 1. The molecule has 0 saturated carbocycles. The number of likely N-dealkylation sites (tertiary alicyclic amines) is 1. The van der Waals surface area contributed by atoms with Gasteiger partial charge in [0.25, 0.3) is 5.91 Å². The summed E-state index contributed by atoms with van der Waals surface area (Å²) in [5, 5.41) is 7.22. The number of amides is 3. The predicted molar refractivity (Wildman–Crippen MR) is 69.9 cm³/mol. The Morgan fingerprint density at radius 2 is 2.26 bits per heavy atom. The molecule has 2 heterocycles. The smallest absolute Gasteiger partial charge is 0.271 e. The van der Waals surface area contributed by atoms with Crippen molar-refractivity contribution in [3.8, 4) is 0 Å². The van der Waals surface area contributed by atoms with Crippen molar-refractivity contribution in [1.29, 1.82) is 0 Å². The van der Waals surface area contributed by atoms with Crippen molar-refractivity contribution in [1.82, 2.24) is 15.2 Å². The van der Waals surface area contributed by atoms with Crippen LogP contribution < -0.4 is 10.6 Å². The highest BCUT2D eigenvalue weighted by atomic mass is 32.1. The van der Waals surface area contributed by atoms with Gasteiger partial charge in [-0.3, -0.25) is 14.4 Å². The Morgan fingerprint density at radius 1 is 1.53 bits per heavy atom. The van der Waals surface area contributed by atoms with Crippen LogP contribution in [0.4, 0.5) is 5.13 Å². The number of thiazole rings is 1. The number of nitrogens with one attached hydrogen (secondary N) is 2. The molecule has 2 rings (SSSR count). The average Bonchev–Trinajstić information content (AvgIpc) is 2.86. The fourth-order valence-corrected chi connectivity index (χ4v) is 2.54. The number of rotatable bonds is 3. The molecule has 0 radical (unpaired) electrons. The van der Waals surface area contributed by atoms with Crippen molar-refractivity contribution < 1.29 is 14.4 Å². The first-order chi connectivity index (χ1) is 8.95. The molecule has 102 valence electrons. The Morgan fingerprint density at radius 3 is 2.84 bits per heavy atom. The third-order valence-corrected chi connectivity index (χ3v) is 3.45. The van der Waals surface area contributed by atoms with Crippen LogP contribution in [0.2, 0.25) is 0 Å². The molecule has 0 aromatic carbocycles. The van der Waals surface area contributed by atoms with E-state index in [-0.39, 0.29) is 29.5 Å². The highest BCUT2D eigenvalue weighted by molar-refractivity contribution is 7.14. The van der Waals surface area contributed by atoms with Crippen LogP contribution in [0, 0.1) is 0 Å². The molecule has 1 aliphatic rings. The molecule has 0 aliphatic carbocycles. The molecule has 1 aromatic rings. The molecule has 2 N–H and O–H groups in total. The van der Waals surface area contributed by atoms with Gasteiger partial charge < -0.3 is 15.5 Å². The van der Waals surface area contributed by atoms with Gasteiger partial charge in [-0.25, -0.2) is 4.98 Å². The molecule has 1 unspecified atom stereocenters. The number of carbonyl (C=O) groups is 3. The first-order valence-corrected chi connectivity index (χ1v) is 6.61. The van der Waals surface area contributed by atoms with Gasteiger partial charge in [-0.1, -0.05) is 0 Å². The van der Waals surface area contributed by atoms with Crippen LogP contribution in [0.5, 0.6) is 0 Å². The molecule has 1 aliphatic heterocycles. The summed E-state index contributed by atoms with van der Waals surface area (Å²) in [4.78, 5) is 39.7. The fraction of sp³-hybridized carbons (Fsp3) is 0.455. The second kappa shape index (κ2) is 5.35. The number of carbonyl (C=O) groups excluding carboxylic acids is 3. The average molecular weight is 282 g/mol. The minimum atomic E-state index is -0.332. The Kier molecular flexibility index (Phi) is 3.79. The van der Waals surface area contributed by atoms with Gasteiger partial charge in [0.1, 0.15) is 5.69 Å². The summed E-state index contributed by atoms with van der Waals surface area (Å²) in [5.74, 6) is -0.548. The van der Waals surface area contributed by atoms with Crippen LogP contribution >= 0.6 is 11.3 Å². The first kappa shape index (κ1) is 13.5. The fourth-order valence-electron chi connectivity index (χ4n) is 1.81. The predicted octanol–water partition coefficient (Wildman–Crippen LogP) is 0.0620. The molecular formula is C11H14N4O3S. The molecule has 1 saturated heterocycles. The van der Waals surface area contributed by atoms with Crippen LogP contribution in [0.1, 0.15) is 23.8 Å². The lowest BCUT2D eigenvalue weighted by Gasteiger charge is -2.11. The minimum Gasteiger partial charge on any atom is -0.346 e. The normalized spacial score (nSPS) is 18.5. The molecular weight excluding hydrogens is 268 g/mol. The van der Waals surface area contributed by atoms with Crippen LogP contribution in [-0.4, -0.2) is 47.2 Å². The van der Waals surface area contributed by atoms with Crippen molar-refractivity contribution in [2.75, 3.05) is 18.9 Å². The zero-order valence-electron chi connectivity index (χ0n) is 10.6. The summed E-state index contributed by atoms with van der Waals surface area (Å²) in [5.41, 5.74) is 0.246. The van der Waals surface area contributed by atoms with Crippen LogP contribution in [0.25, 0.3) is 0 Å². The van der Waals surface area contributed by atoms with E-state index in [0.29, 0.717) is 18.1 Å². The monoisotopic (exact) mass is 282 g/mol. The highest BCUT2D eigenvalue weighted by Gasteiger charge is 2.28. The van der Waals surface area contributed by atoms with E-state index in [0.717, 1.165) is 0 Å². The molecule has 7 nitrogen and oxygen atoms in total. The molecule has 1 aromatic heterocycles. The van der Waals surface area contributed by atoms with Gasteiger partial charge >= 0.3 is 0 Å². The SMILES string of the molecule is CC(=O)Nc1nc(C(=O)NC2CC(=O)N(C)C2)cs1. The van der Waals surface area contributed by atoms with Gasteiger partial charge in [0.2, 0.25) is 11.8 Å². The number of anilines is 1. The standard InChI is InChI=1S/C11H14N4O3S/c1-6(16)12-11-14-8(5-19-11)10(18)13-7-3-9(17)15(2)4-7/h5,7H,3-4H2,1-2H3,(H,13,18)(H,12,14,16). The molecule has 8 heteroatoms. The maximum absolute atomic E-state index is 11.9. The van der Waals surface area contributed by atoms with E-state index in [9.17, 15) is 14.4 Å². The van der Waals surface area contributed by atoms with Gasteiger partial charge in [0.15, 0.2) is 5.13 Å². The van der Waals surface area contributed by atoms with Crippen molar-refractivity contribution >= 4 is 34.2 Å². The summed E-state index contributed by atoms with van der Waals surface area (Å²) < 4.78 is 0. The van der Waals surface area contributed by atoms with Gasteiger partial charge in [-0.15, -0.1) is 11.3 Å². The van der Waals surface area contributed by atoms with Crippen molar-refractivity contribution in [2.24, 2.45) is 0 Å². The van der Waals surface area contributed by atoms with E-state index >= 15 is 0 Å². The van der Waals surface area contributed by atoms with E-state index in [2.05, 4.69) is 15.6 Å². The van der Waals surface area contributed by atoms with Gasteiger partial charge in [0.05, 0.1) is 6.04 Å². The van der Waals surface area contributed by atoms with Crippen LogP contribution in [0.3, 0.4) is 0 Å². The van der Waals surface area contributed by atoms with E-state index in [1.807, 2.05) is 0 Å². The quantitative estimate of drug-likeness (QED) is 0.820. The summed E-state index contributed by atoms with van der Waals surface area (Å²) in [6, 6.07) is -0.184. The number of hydrogen-bond donors (Lipinski definition) is 2. The molecule has 0 spiro atoms. The van der Waals surface area contributed by atoms with Crippen LogP contribution in [0.15, 0.2) is 5.38 Å². The van der Waals surface area contributed by atoms with Crippen molar-refractivity contribution in [2.45, 2.75) is 19.4 Å². The van der Waals surface area contributed by atoms with E-state index in [1.165, 1.54) is 18.3 Å². The summed E-state index contributed by atoms with van der Waals surface area (Å²) >= 11 is 1.18. The van der Waals surface area contributed by atoms with Gasteiger partial charge in [-0.2, -0.15) is 0 Å². The summed E-state index contributed by atoms with van der Waals surface area (Å²) in [6.45, 7) is 1.88. The van der Waals surface area contributed by atoms with Crippen molar-refractivity contribution in [3.63, 3.8) is 0 Å². The van der Waals surface area contributed by atoms with E-state index < -0.39 is 0 Å². The minimum absolute atomic E-state index is 0.0162. The molecule has 3 amide bonds. The topological polar surface area (TPSA) is 91.4 Å². The molecule has 1 fully saturated rings. The highest BCUT2D eigenvalue weighted by Crippen LogP contribution is 2.16. The van der Waals surface area contributed by atoms with Gasteiger partial charge in [0, 0.05) is 32.3 Å². The lowest BCUT2D eigenvalue weighted by molar-refractivity contribution is -0.126. The van der Waals surface area contributed by atoms with E-state index in [4.69, 9.17) is 0 Å². The first-order valence-electron chi connectivity index (χ1n) is 5.73. The van der Waals surface area contributed by atoms with E-state index in [1.54, 1.807) is 17.3 Å². The van der Waals surface area contributed by atoms with Crippen LogP contribution in [-0.2, 0) is 9.59 Å². The zero-order valence-corrected chi connectivity index (χ0v) is 11.4. The number of likely N-dealkylation sites (N-methyl/N-ethyl adjacent to an activating group) is 1. The lowest BCUT2D eigenvalue weighted by atomic mass is 10.2. The summed E-state index contributed by atoms with van der Waals surface area (Å²) in [6.07, 6.45) is 0.310. The third kappa shape index (κ3) is 3.28. The summed E-state index contributed by atoms with van der Waals surface area (Å²) in [7, 11) is 1.70. The molecule has 0 bridgehead atoms. The number of nitrogens with zero attached hydrogens (tertiary/aromatic N) is 2. The Balaban J connectivity index is 1.95. The molecule has 1 atom stereocenters. The second-order valence-electron chi connectivity index (χ2n) is 4.37. The second-order valence-corrected chi connectivity index (χ2v) is 5.23. The number of hydrogen-bond acceptors (Lipinski definition) is 5. The Bertz CT molecular complexity index is 528. The van der Waals surface area contributed by atoms with Gasteiger partial charge in [-0.05, 0) is 0 Å². The Hall–Kier alpha value is -1.96. The maximum Gasteiger partial charge on any atom is 0.271 e. The van der Waals surface area contributed by atoms with Crippen molar-refractivity contribution in [3.05, 3.63) is 11.1 Å². The Labute approximate surface area is 114 Å². The zero-order chi connectivity index (χ0) is 14.0. The molecule has 19 heavy (non-hydrogen) atoms. The largest absolute Gasteiger partial charge is 0.346 e. The lowest BCUT2D eigenvalue weighted by Crippen LogP contribution is -2.36. The maximum atomic E-state index is 11.9. The third-order valence-electron chi connectivity index (χ3n) is 2.70.